The van der Waals surface area contributed by atoms with Crippen molar-refractivity contribution in [3.63, 3.8) is 0 Å². The lowest BCUT2D eigenvalue weighted by Gasteiger charge is -2.35. The molecule has 0 spiro atoms. The molecule has 0 aliphatic carbocycles. The van der Waals surface area contributed by atoms with Crippen LogP contribution >= 0.6 is 0 Å². The third kappa shape index (κ3) is 6.82. The number of likely N-dealkylation sites (tertiary alicyclic amines) is 1. The van der Waals surface area contributed by atoms with Crippen LogP contribution in [0.15, 0.2) is 23.3 Å². The highest BCUT2D eigenvalue weighted by Gasteiger charge is 2.24. The van der Waals surface area contributed by atoms with Crippen LogP contribution in [0, 0.1) is 0 Å². The summed E-state index contributed by atoms with van der Waals surface area (Å²) in [5.74, 6) is 2.11. The van der Waals surface area contributed by atoms with Gasteiger partial charge in [0.1, 0.15) is 5.82 Å². The predicted molar refractivity (Wildman–Crippen MR) is 129 cm³/mol. The minimum Gasteiger partial charge on any atom is -0.376 e. The standard InChI is InChI=1S/C25H41N5O2/c1-2-26-25(28-19-21-9-12-27-24(18-21)29-13-5-3-6-14-29)30-15-10-22(11-16-30)32-20-23-8-4-7-17-31-23/h9,12,18,22-23H,2-8,10-11,13-17,19-20H2,1H3,(H,26,28). The second-order valence-electron chi connectivity index (χ2n) is 9.25. The zero-order valence-corrected chi connectivity index (χ0v) is 19.8. The molecule has 0 saturated carbocycles. The van der Waals surface area contributed by atoms with Gasteiger partial charge in [0, 0.05) is 45.5 Å². The lowest BCUT2D eigenvalue weighted by atomic mass is 10.1. The summed E-state index contributed by atoms with van der Waals surface area (Å²) in [5, 5.41) is 3.49. The van der Waals surface area contributed by atoms with E-state index in [1.165, 1.54) is 37.7 Å². The fourth-order valence-electron chi connectivity index (χ4n) is 4.86. The molecule has 1 aromatic rings. The van der Waals surface area contributed by atoms with Gasteiger partial charge < -0.3 is 24.6 Å². The van der Waals surface area contributed by atoms with E-state index in [1.54, 1.807) is 0 Å². The summed E-state index contributed by atoms with van der Waals surface area (Å²) in [4.78, 5) is 14.4. The van der Waals surface area contributed by atoms with Crippen LogP contribution in [0.1, 0.15) is 63.9 Å². The molecule has 0 aromatic carbocycles. The van der Waals surface area contributed by atoms with Gasteiger partial charge >= 0.3 is 0 Å². The number of rotatable bonds is 7. The highest BCUT2D eigenvalue weighted by Crippen LogP contribution is 2.20. The average Bonchev–Trinajstić information content (AvgIpc) is 2.87. The fourth-order valence-corrected chi connectivity index (χ4v) is 4.86. The van der Waals surface area contributed by atoms with E-state index in [2.05, 4.69) is 39.2 Å². The lowest BCUT2D eigenvalue weighted by Crippen LogP contribution is -2.47. The Morgan fingerprint density at radius 1 is 1.12 bits per heavy atom. The Labute approximate surface area is 193 Å². The number of piperidine rings is 2. The Bertz CT molecular complexity index is 708. The van der Waals surface area contributed by atoms with Crippen molar-refractivity contribution in [1.82, 2.24) is 15.2 Å². The summed E-state index contributed by atoms with van der Waals surface area (Å²) < 4.78 is 12.0. The Kier molecular flexibility index (Phi) is 9.03. The quantitative estimate of drug-likeness (QED) is 0.513. The van der Waals surface area contributed by atoms with Crippen molar-refractivity contribution in [2.45, 2.75) is 77.0 Å². The molecule has 1 unspecified atom stereocenters. The summed E-state index contributed by atoms with van der Waals surface area (Å²) in [5.41, 5.74) is 1.22. The molecule has 3 fully saturated rings. The van der Waals surface area contributed by atoms with Crippen molar-refractivity contribution in [2.75, 3.05) is 50.8 Å². The van der Waals surface area contributed by atoms with Crippen LogP contribution in [0.4, 0.5) is 5.82 Å². The molecule has 3 aliphatic rings. The zero-order chi connectivity index (χ0) is 22.0. The number of nitrogens with zero attached hydrogens (tertiary/aromatic N) is 4. The Morgan fingerprint density at radius 3 is 2.72 bits per heavy atom. The van der Waals surface area contributed by atoms with Crippen molar-refractivity contribution in [2.24, 2.45) is 4.99 Å². The van der Waals surface area contributed by atoms with Gasteiger partial charge in [-0.15, -0.1) is 0 Å². The van der Waals surface area contributed by atoms with Crippen molar-refractivity contribution < 1.29 is 9.47 Å². The maximum atomic E-state index is 6.19. The summed E-state index contributed by atoms with van der Waals surface area (Å²) in [6, 6.07) is 4.31. The molecular formula is C25H41N5O2. The molecule has 4 heterocycles. The highest BCUT2D eigenvalue weighted by atomic mass is 16.5. The van der Waals surface area contributed by atoms with Crippen LogP contribution in [0.5, 0.6) is 0 Å². The van der Waals surface area contributed by atoms with Gasteiger partial charge in [0.25, 0.3) is 0 Å². The second-order valence-corrected chi connectivity index (χ2v) is 9.25. The molecule has 7 nitrogen and oxygen atoms in total. The molecule has 0 bridgehead atoms. The van der Waals surface area contributed by atoms with E-state index in [0.717, 1.165) is 77.0 Å². The van der Waals surface area contributed by atoms with Crippen LogP contribution in [0.3, 0.4) is 0 Å². The van der Waals surface area contributed by atoms with Crippen LogP contribution in [0.25, 0.3) is 0 Å². The fraction of sp³-hybridized carbons (Fsp3) is 0.760. The number of anilines is 1. The highest BCUT2D eigenvalue weighted by molar-refractivity contribution is 5.80. The number of nitrogens with one attached hydrogen (secondary N) is 1. The smallest absolute Gasteiger partial charge is 0.194 e. The van der Waals surface area contributed by atoms with Gasteiger partial charge in [0.05, 0.1) is 25.4 Å². The SMILES string of the molecule is CCNC(=NCc1ccnc(N2CCCCC2)c1)N1CCC(OCC2CCCCO2)CC1. The summed E-state index contributed by atoms with van der Waals surface area (Å²) in [7, 11) is 0. The van der Waals surface area contributed by atoms with Gasteiger partial charge in [-0.3, -0.25) is 0 Å². The topological polar surface area (TPSA) is 62.2 Å². The maximum absolute atomic E-state index is 6.19. The maximum Gasteiger partial charge on any atom is 0.194 e. The first-order valence-electron chi connectivity index (χ1n) is 12.8. The van der Waals surface area contributed by atoms with E-state index in [0.29, 0.717) is 18.8 Å². The Morgan fingerprint density at radius 2 is 1.97 bits per heavy atom. The average molecular weight is 444 g/mol. The van der Waals surface area contributed by atoms with Crippen LogP contribution < -0.4 is 10.2 Å². The number of pyridine rings is 1. The van der Waals surface area contributed by atoms with E-state index in [-0.39, 0.29) is 0 Å². The number of guanidine groups is 1. The molecule has 178 valence electrons. The van der Waals surface area contributed by atoms with Gasteiger partial charge in [-0.1, -0.05) is 0 Å². The number of hydrogen-bond acceptors (Lipinski definition) is 5. The molecule has 3 aliphatic heterocycles. The zero-order valence-electron chi connectivity index (χ0n) is 19.8. The van der Waals surface area contributed by atoms with Gasteiger partial charge in [-0.2, -0.15) is 0 Å². The lowest BCUT2D eigenvalue weighted by molar-refractivity contribution is -0.0721. The second kappa shape index (κ2) is 12.4. The van der Waals surface area contributed by atoms with Gasteiger partial charge in [-0.05, 0) is 76.0 Å². The van der Waals surface area contributed by atoms with E-state index in [9.17, 15) is 0 Å². The van der Waals surface area contributed by atoms with E-state index < -0.39 is 0 Å². The van der Waals surface area contributed by atoms with E-state index >= 15 is 0 Å². The molecule has 1 atom stereocenters. The van der Waals surface area contributed by atoms with Gasteiger partial charge in [0.2, 0.25) is 0 Å². The molecular weight excluding hydrogens is 402 g/mol. The Balaban J connectivity index is 1.27. The number of ether oxygens (including phenoxy) is 2. The normalized spacial score (nSPS) is 23.4. The van der Waals surface area contributed by atoms with Crippen molar-refractivity contribution >= 4 is 11.8 Å². The van der Waals surface area contributed by atoms with Gasteiger partial charge in [-0.25, -0.2) is 9.98 Å². The van der Waals surface area contributed by atoms with Gasteiger partial charge in [0.15, 0.2) is 5.96 Å². The summed E-state index contributed by atoms with van der Waals surface area (Å²) in [6.45, 7) is 9.54. The first-order chi connectivity index (χ1) is 15.8. The molecule has 1 aromatic heterocycles. The van der Waals surface area contributed by atoms with Crippen LogP contribution in [-0.2, 0) is 16.0 Å². The van der Waals surface area contributed by atoms with E-state index in [4.69, 9.17) is 14.5 Å². The Hall–Kier alpha value is -1.86. The molecule has 3 saturated heterocycles. The number of hydrogen-bond donors (Lipinski definition) is 1. The minimum absolute atomic E-state index is 0.302. The molecule has 1 N–H and O–H groups in total. The number of aromatic nitrogens is 1. The van der Waals surface area contributed by atoms with Crippen molar-refractivity contribution in [1.29, 1.82) is 0 Å². The monoisotopic (exact) mass is 443 g/mol. The molecule has 4 rings (SSSR count). The molecule has 0 amide bonds. The minimum atomic E-state index is 0.302. The summed E-state index contributed by atoms with van der Waals surface area (Å²) >= 11 is 0. The predicted octanol–water partition coefficient (Wildman–Crippen LogP) is 3.59. The number of aliphatic imine (C=N–C) groups is 1. The molecule has 7 heteroatoms. The summed E-state index contributed by atoms with van der Waals surface area (Å²) in [6.07, 6.45) is 12.1. The van der Waals surface area contributed by atoms with Crippen LogP contribution in [-0.4, -0.2) is 74.0 Å². The first-order valence-corrected chi connectivity index (χ1v) is 12.8. The molecule has 0 radical (unpaired) electrons. The van der Waals surface area contributed by atoms with Crippen molar-refractivity contribution in [3.05, 3.63) is 23.9 Å². The first kappa shape index (κ1) is 23.3. The third-order valence-corrected chi connectivity index (χ3v) is 6.77. The van der Waals surface area contributed by atoms with Crippen LogP contribution in [0.2, 0.25) is 0 Å². The third-order valence-electron chi connectivity index (χ3n) is 6.77. The largest absolute Gasteiger partial charge is 0.376 e. The molecule has 32 heavy (non-hydrogen) atoms. The van der Waals surface area contributed by atoms with Crippen molar-refractivity contribution in [3.8, 4) is 0 Å². The van der Waals surface area contributed by atoms with E-state index in [1.807, 2.05) is 6.20 Å².